The Bertz CT molecular complexity index is 618. The van der Waals surface area contributed by atoms with Crippen molar-refractivity contribution in [1.82, 2.24) is 15.1 Å². The summed E-state index contributed by atoms with van der Waals surface area (Å²) in [5.74, 6) is -0.0464. The molecule has 0 aliphatic heterocycles. The summed E-state index contributed by atoms with van der Waals surface area (Å²) in [6.45, 7) is 5.43. The fourth-order valence-corrected chi connectivity index (χ4v) is 2.21. The van der Waals surface area contributed by atoms with Crippen molar-refractivity contribution in [3.63, 3.8) is 0 Å². The van der Waals surface area contributed by atoms with Crippen LogP contribution in [-0.4, -0.2) is 28.8 Å². The second kappa shape index (κ2) is 6.92. The summed E-state index contributed by atoms with van der Waals surface area (Å²) in [5, 5.41) is 10.3. The molecule has 1 aromatic heterocycles. The van der Waals surface area contributed by atoms with Crippen molar-refractivity contribution >= 4 is 11.6 Å². The summed E-state index contributed by atoms with van der Waals surface area (Å²) >= 11 is 0. The topological polar surface area (TPSA) is 59.0 Å². The average Bonchev–Trinajstić information content (AvgIpc) is 2.85. The normalized spacial score (nSPS) is 10.4. The van der Waals surface area contributed by atoms with Gasteiger partial charge in [0.2, 0.25) is 0 Å². The third-order valence-corrected chi connectivity index (χ3v) is 3.24. The molecule has 5 nitrogen and oxygen atoms in total. The molecule has 0 saturated heterocycles. The van der Waals surface area contributed by atoms with Crippen molar-refractivity contribution in [1.29, 1.82) is 0 Å². The first-order chi connectivity index (χ1) is 10.1. The molecule has 0 spiro atoms. The van der Waals surface area contributed by atoms with Gasteiger partial charge in [-0.25, -0.2) is 0 Å². The summed E-state index contributed by atoms with van der Waals surface area (Å²) in [6.07, 6.45) is 4.56. The number of nitrogens with one attached hydrogen (secondary N) is 2. The zero-order chi connectivity index (χ0) is 15.2. The Balaban J connectivity index is 1.96. The summed E-state index contributed by atoms with van der Waals surface area (Å²) in [5.41, 5.74) is 3.83. The van der Waals surface area contributed by atoms with Crippen LogP contribution in [0, 0.1) is 6.92 Å². The van der Waals surface area contributed by atoms with Crippen LogP contribution in [0.3, 0.4) is 0 Å². The van der Waals surface area contributed by atoms with Crippen LogP contribution in [-0.2, 0) is 13.5 Å². The van der Waals surface area contributed by atoms with E-state index in [1.54, 1.807) is 4.68 Å². The van der Waals surface area contributed by atoms with E-state index in [1.165, 1.54) is 0 Å². The van der Waals surface area contributed by atoms with Gasteiger partial charge >= 0.3 is 0 Å². The van der Waals surface area contributed by atoms with Gasteiger partial charge in [0, 0.05) is 32.0 Å². The number of hydrogen-bond donors (Lipinski definition) is 2. The number of hydrogen-bond acceptors (Lipinski definition) is 3. The second-order valence-corrected chi connectivity index (χ2v) is 5.11. The summed E-state index contributed by atoms with van der Waals surface area (Å²) < 4.78 is 1.76. The Labute approximate surface area is 125 Å². The predicted molar refractivity (Wildman–Crippen MR) is 84.6 cm³/mol. The van der Waals surface area contributed by atoms with Crippen molar-refractivity contribution in [3.05, 3.63) is 47.3 Å². The smallest absolute Gasteiger partial charge is 0.253 e. The van der Waals surface area contributed by atoms with Gasteiger partial charge in [0.25, 0.3) is 5.91 Å². The van der Waals surface area contributed by atoms with Gasteiger partial charge in [-0.15, -0.1) is 0 Å². The molecule has 2 N–H and O–H groups in total. The molecule has 0 atom stereocenters. The Morgan fingerprint density at radius 3 is 2.86 bits per heavy atom. The number of benzene rings is 1. The van der Waals surface area contributed by atoms with Crippen LogP contribution < -0.4 is 10.6 Å². The van der Waals surface area contributed by atoms with Crippen LogP contribution in [0.15, 0.2) is 30.6 Å². The molecule has 0 bridgehead atoms. The fraction of sp³-hybridized carbons (Fsp3) is 0.375. The Hall–Kier alpha value is -2.30. The van der Waals surface area contributed by atoms with Crippen LogP contribution in [0.5, 0.6) is 0 Å². The minimum atomic E-state index is -0.0464. The van der Waals surface area contributed by atoms with Gasteiger partial charge in [0.15, 0.2) is 0 Å². The van der Waals surface area contributed by atoms with E-state index in [1.807, 2.05) is 51.5 Å². The average molecular weight is 286 g/mol. The Morgan fingerprint density at radius 2 is 2.19 bits per heavy atom. The number of carbonyl (C=O) groups is 1. The summed E-state index contributed by atoms with van der Waals surface area (Å²) in [7, 11) is 1.89. The highest BCUT2D eigenvalue weighted by Gasteiger charge is 2.10. The molecule has 2 rings (SSSR count). The highest BCUT2D eigenvalue weighted by atomic mass is 16.1. The first-order valence-electron chi connectivity index (χ1n) is 7.20. The molecule has 5 heteroatoms. The lowest BCUT2D eigenvalue weighted by Crippen LogP contribution is -2.26. The molecule has 1 heterocycles. The van der Waals surface area contributed by atoms with Crippen molar-refractivity contribution in [3.8, 4) is 0 Å². The van der Waals surface area contributed by atoms with E-state index in [4.69, 9.17) is 0 Å². The maximum absolute atomic E-state index is 12.3. The molecule has 0 aliphatic carbocycles. The molecule has 0 fully saturated rings. The third kappa shape index (κ3) is 4.08. The molecule has 0 saturated carbocycles. The largest absolute Gasteiger partial charge is 0.385 e. The van der Waals surface area contributed by atoms with Crippen molar-refractivity contribution in [2.75, 3.05) is 18.4 Å². The second-order valence-electron chi connectivity index (χ2n) is 5.11. The van der Waals surface area contributed by atoms with Gasteiger partial charge < -0.3 is 10.6 Å². The van der Waals surface area contributed by atoms with Crippen LogP contribution >= 0.6 is 0 Å². The van der Waals surface area contributed by atoms with Crippen molar-refractivity contribution in [2.24, 2.45) is 7.05 Å². The van der Waals surface area contributed by atoms with Gasteiger partial charge in [0.05, 0.1) is 11.8 Å². The maximum Gasteiger partial charge on any atom is 0.253 e. The highest BCUT2D eigenvalue weighted by molar-refractivity contribution is 5.99. The third-order valence-electron chi connectivity index (χ3n) is 3.24. The predicted octanol–water partition coefficient (Wildman–Crippen LogP) is 2.13. The van der Waals surface area contributed by atoms with E-state index in [0.29, 0.717) is 12.1 Å². The number of nitrogens with zero attached hydrogens (tertiary/aromatic N) is 2. The molecule has 1 amide bonds. The van der Waals surface area contributed by atoms with E-state index in [-0.39, 0.29) is 5.91 Å². The van der Waals surface area contributed by atoms with E-state index >= 15 is 0 Å². The van der Waals surface area contributed by atoms with Crippen molar-refractivity contribution < 1.29 is 4.79 Å². The lowest BCUT2D eigenvalue weighted by Gasteiger charge is -2.12. The number of anilines is 1. The lowest BCUT2D eigenvalue weighted by molar-refractivity contribution is 0.0955. The number of aromatic nitrogens is 2. The first-order valence-corrected chi connectivity index (χ1v) is 7.20. The molecule has 0 radical (unpaired) electrons. The van der Waals surface area contributed by atoms with Gasteiger partial charge in [-0.05, 0) is 43.5 Å². The van der Waals surface area contributed by atoms with Crippen LogP contribution in [0.1, 0.15) is 28.4 Å². The molecule has 2 aromatic rings. The number of amides is 1. The van der Waals surface area contributed by atoms with Crippen LogP contribution in [0.4, 0.5) is 5.69 Å². The molecule has 0 aliphatic rings. The van der Waals surface area contributed by atoms with E-state index in [2.05, 4.69) is 15.7 Å². The zero-order valence-corrected chi connectivity index (χ0v) is 12.8. The standard InChI is InChI=1S/C16H22N4O/c1-4-17-15-9-12(2)5-6-14(15)16(21)18-8-7-13-10-19-20(3)11-13/h5-6,9-11,17H,4,7-8H2,1-3H3,(H,18,21). The summed E-state index contributed by atoms with van der Waals surface area (Å²) in [6, 6.07) is 5.82. The molecular formula is C16H22N4O. The molecule has 112 valence electrons. The molecule has 21 heavy (non-hydrogen) atoms. The highest BCUT2D eigenvalue weighted by Crippen LogP contribution is 2.17. The minimum absolute atomic E-state index is 0.0464. The number of aryl methyl sites for hydroxylation is 2. The quantitative estimate of drug-likeness (QED) is 0.855. The number of rotatable bonds is 6. The minimum Gasteiger partial charge on any atom is -0.385 e. The maximum atomic E-state index is 12.3. The lowest BCUT2D eigenvalue weighted by atomic mass is 10.1. The Morgan fingerprint density at radius 1 is 1.38 bits per heavy atom. The Kier molecular flexibility index (Phi) is 4.98. The molecular weight excluding hydrogens is 264 g/mol. The first kappa shape index (κ1) is 15.1. The fourth-order valence-electron chi connectivity index (χ4n) is 2.21. The summed E-state index contributed by atoms with van der Waals surface area (Å²) in [4.78, 5) is 12.3. The van der Waals surface area contributed by atoms with Crippen molar-refractivity contribution in [2.45, 2.75) is 20.3 Å². The van der Waals surface area contributed by atoms with Gasteiger partial charge in [-0.2, -0.15) is 5.10 Å². The van der Waals surface area contributed by atoms with Crippen LogP contribution in [0.25, 0.3) is 0 Å². The SMILES string of the molecule is CCNc1cc(C)ccc1C(=O)NCCc1cnn(C)c1. The van der Waals surface area contributed by atoms with Gasteiger partial charge in [0.1, 0.15) is 0 Å². The monoisotopic (exact) mass is 286 g/mol. The van der Waals surface area contributed by atoms with E-state index in [0.717, 1.165) is 29.8 Å². The molecule has 0 unspecified atom stereocenters. The van der Waals surface area contributed by atoms with Crippen LogP contribution in [0.2, 0.25) is 0 Å². The molecule has 1 aromatic carbocycles. The van der Waals surface area contributed by atoms with E-state index < -0.39 is 0 Å². The van der Waals surface area contributed by atoms with E-state index in [9.17, 15) is 4.79 Å². The zero-order valence-electron chi connectivity index (χ0n) is 12.8. The van der Waals surface area contributed by atoms with Gasteiger partial charge in [-0.1, -0.05) is 6.07 Å². The van der Waals surface area contributed by atoms with Gasteiger partial charge in [-0.3, -0.25) is 9.48 Å². The number of carbonyl (C=O) groups excluding carboxylic acids is 1.